The minimum atomic E-state index is -4.01. The highest BCUT2D eigenvalue weighted by Gasteiger charge is 2.45. The van der Waals surface area contributed by atoms with Gasteiger partial charge in [-0.05, 0) is 0 Å². The van der Waals surface area contributed by atoms with Gasteiger partial charge in [0, 0.05) is 7.05 Å². The lowest BCUT2D eigenvalue weighted by atomic mass is 10.3. The van der Waals surface area contributed by atoms with E-state index in [4.69, 9.17) is 5.11 Å². The Labute approximate surface area is 65.6 Å². The number of hydrogen-bond acceptors (Lipinski definition) is 3. The molecule has 0 amide bonds. The van der Waals surface area contributed by atoms with E-state index in [1.165, 1.54) is 7.05 Å². The van der Waals surface area contributed by atoms with Gasteiger partial charge < -0.3 is 5.11 Å². The molecule has 1 rings (SSSR count). The van der Waals surface area contributed by atoms with E-state index < -0.39 is 17.7 Å². The molecule has 0 aliphatic heterocycles. The molecular weight excluding hydrogens is 172 g/mol. The van der Waals surface area contributed by atoms with Crippen LogP contribution >= 0.6 is 0 Å². The first kappa shape index (κ1) is 8.57. The van der Waals surface area contributed by atoms with Crippen molar-refractivity contribution in [1.82, 2.24) is 14.8 Å². The van der Waals surface area contributed by atoms with E-state index in [1.807, 2.05) is 0 Å². The van der Waals surface area contributed by atoms with Crippen LogP contribution in [0.1, 0.15) is 5.82 Å². The lowest BCUT2D eigenvalue weighted by molar-refractivity contribution is -0.167. The van der Waals surface area contributed by atoms with E-state index in [0.29, 0.717) is 0 Å². The van der Waals surface area contributed by atoms with Crippen molar-refractivity contribution in [2.45, 2.75) is 5.92 Å². The van der Waals surface area contributed by atoms with Crippen molar-refractivity contribution in [3.8, 4) is 0 Å². The molecule has 0 fully saturated rings. The number of carboxylic acids is 1. The average molecular weight is 177 g/mol. The highest BCUT2D eigenvalue weighted by Crippen LogP contribution is 2.23. The fourth-order valence-corrected chi connectivity index (χ4v) is 0.579. The first-order valence-electron chi connectivity index (χ1n) is 2.92. The molecule has 0 atom stereocenters. The Morgan fingerprint density at radius 1 is 1.75 bits per heavy atom. The number of nitrogens with zero attached hydrogens (tertiary/aromatic N) is 3. The van der Waals surface area contributed by atoms with Gasteiger partial charge in [-0.25, -0.2) is 9.78 Å². The highest BCUT2D eigenvalue weighted by atomic mass is 19.3. The van der Waals surface area contributed by atoms with Crippen LogP contribution in [0.25, 0.3) is 0 Å². The van der Waals surface area contributed by atoms with Gasteiger partial charge in [0.1, 0.15) is 6.33 Å². The van der Waals surface area contributed by atoms with Crippen molar-refractivity contribution in [2.24, 2.45) is 7.05 Å². The summed E-state index contributed by atoms with van der Waals surface area (Å²) >= 11 is 0. The standard InChI is InChI=1S/C5H5F2N3O2/c1-10-2-8-3(9-10)5(6,7)4(11)12/h2H,1H3,(H,11,12). The normalized spacial score (nSPS) is 11.6. The fourth-order valence-electron chi connectivity index (χ4n) is 0.579. The van der Waals surface area contributed by atoms with E-state index in [-0.39, 0.29) is 0 Å². The Morgan fingerprint density at radius 3 is 2.67 bits per heavy atom. The molecule has 5 nitrogen and oxygen atoms in total. The van der Waals surface area contributed by atoms with Crippen molar-refractivity contribution in [2.75, 3.05) is 0 Å². The van der Waals surface area contributed by atoms with Crippen LogP contribution in [-0.2, 0) is 17.8 Å². The summed E-state index contributed by atoms with van der Waals surface area (Å²) in [4.78, 5) is 13.1. The van der Waals surface area contributed by atoms with E-state index in [0.717, 1.165) is 11.0 Å². The van der Waals surface area contributed by atoms with Gasteiger partial charge in [0.05, 0.1) is 0 Å². The van der Waals surface area contributed by atoms with E-state index in [2.05, 4.69) is 10.1 Å². The third kappa shape index (κ3) is 1.25. The Morgan fingerprint density at radius 2 is 2.33 bits per heavy atom. The smallest absolute Gasteiger partial charge is 0.402 e. The number of halogens is 2. The second-order valence-electron chi connectivity index (χ2n) is 2.12. The number of hydrogen-bond donors (Lipinski definition) is 1. The molecule has 1 aromatic heterocycles. The van der Waals surface area contributed by atoms with Crippen molar-refractivity contribution in [3.05, 3.63) is 12.2 Å². The summed E-state index contributed by atoms with van der Waals surface area (Å²) in [6.45, 7) is 0. The second kappa shape index (κ2) is 2.50. The third-order valence-electron chi connectivity index (χ3n) is 1.15. The molecule has 0 aromatic carbocycles. The molecule has 0 spiro atoms. The van der Waals surface area contributed by atoms with Crippen LogP contribution in [0.5, 0.6) is 0 Å². The van der Waals surface area contributed by atoms with Crippen molar-refractivity contribution >= 4 is 5.97 Å². The number of aromatic nitrogens is 3. The van der Waals surface area contributed by atoms with Gasteiger partial charge in [0.25, 0.3) is 0 Å². The summed E-state index contributed by atoms with van der Waals surface area (Å²) in [5, 5.41) is 11.2. The van der Waals surface area contributed by atoms with E-state index in [9.17, 15) is 13.6 Å². The van der Waals surface area contributed by atoms with Crippen LogP contribution in [0.2, 0.25) is 0 Å². The molecule has 0 saturated carbocycles. The van der Waals surface area contributed by atoms with Gasteiger partial charge >= 0.3 is 11.9 Å². The summed E-state index contributed by atoms with van der Waals surface area (Å²) in [7, 11) is 1.37. The first-order chi connectivity index (χ1) is 5.44. The maximum absolute atomic E-state index is 12.6. The number of aryl methyl sites for hydroxylation is 1. The van der Waals surface area contributed by atoms with Gasteiger partial charge in [-0.15, -0.1) is 5.10 Å². The molecular formula is C5H5F2N3O2. The average Bonchev–Trinajstić information content (AvgIpc) is 2.35. The van der Waals surface area contributed by atoms with Gasteiger partial charge in [0.2, 0.25) is 5.82 Å². The molecule has 1 aromatic rings. The molecule has 0 aliphatic rings. The van der Waals surface area contributed by atoms with Crippen LogP contribution in [0.15, 0.2) is 6.33 Å². The number of aliphatic carboxylic acids is 1. The van der Waals surface area contributed by atoms with Crippen molar-refractivity contribution in [1.29, 1.82) is 0 Å². The number of alkyl halides is 2. The fraction of sp³-hybridized carbons (Fsp3) is 0.400. The van der Waals surface area contributed by atoms with Crippen LogP contribution in [0.3, 0.4) is 0 Å². The monoisotopic (exact) mass is 177 g/mol. The molecule has 12 heavy (non-hydrogen) atoms. The molecule has 66 valence electrons. The first-order valence-corrected chi connectivity index (χ1v) is 2.92. The maximum Gasteiger partial charge on any atom is 0.402 e. The minimum absolute atomic E-state index is 1.00. The van der Waals surface area contributed by atoms with Crippen molar-refractivity contribution in [3.63, 3.8) is 0 Å². The molecule has 0 radical (unpaired) electrons. The number of carboxylic acid groups (broad SMARTS) is 1. The molecule has 7 heteroatoms. The van der Waals surface area contributed by atoms with E-state index in [1.54, 1.807) is 0 Å². The lowest BCUT2D eigenvalue weighted by Gasteiger charge is -2.04. The molecule has 0 bridgehead atoms. The Kier molecular flexibility index (Phi) is 1.79. The highest BCUT2D eigenvalue weighted by molar-refractivity contribution is 5.75. The van der Waals surface area contributed by atoms with Crippen molar-refractivity contribution < 1.29 is 18.7 Å². The molecule has 0 aliphatic carbocycles. The minimum Gasteiger partial charge on any atom is -0.476 e. The topological polar surface area (TPSA) is 68.0 Å². The zero-order valence-corrected chi connectivity index (χ0v) is 6.03. The predicted octanol–water partition coefficient (Wildman–Crippen LogP) is -0.00850. The molecule has 0 unspecified atom stereocenters. The zero-order chi connectivity index (χ0) is 9.35. The van der Waals surface area contributed by atoms with Crippen LogP contribution in [-0.4, -0.2) is 25.8 Å². The third-order valence-corrected chi connectivity index (χ3v) is 1.15. The molecule has 0 saturated heterocycles. The predicted molar refractivity (Wildman–Crippen MR) is 32.5 cm³/mol. The van der Waals surface area contributed by atoms with Gasteiger partial charge in [-0.3, -0.25) is 4.68 Å². The Balaban J connectivity index is 3.05. The lowest BCUT2D eigenvalue weighted by Crippen LogP contribution is -2.27. The van der Waals surface area contributed by atoms with Gasteiger partial charge in [-0.1, -0.05) is 0 Å². The largest absolute Gasteiger partial charge is 0.476 e. The van der Waals surface area contributed by atoms with Gasteiger partial charge in [-0.2, -0.15) is 8.78 Å². The molecule has 1 N–H and O–H groups in total. The summed E-state index contributed by atoms with van der Waals surface area (Å²) < 4.78 is 26.1. The number of rotatable bonds is 2. The maximum atomic E-state index is 12.6. The van der Waals surface area contributed by atoms with Crippen LogP contribution < -0.4 is 0 Å². The number of carbonyl (C=O) groups is 1. The summed E-state index contributed by atoms with van der Waals surface area (Å²) in [6, 6.07) is 0. The summed E-state index contributed by atoms with van der Waals surface area (Å²) in [5.41, 5.74) is 0. The SMILES string of the molecule is Cn1cnc(C(F)(F)C(=O)O)n1. The molecule has 1 heterocycles. The zero-order valence-electron chi connectivity index (χ0n) is 6.03. The Bertz CT molecular complexity index is 309. The summed E-state index contributed by atoms with van der Waals surface area (Å²) in [5.74, 6) is -7.27. The quantitative estimate of drug-likeness (QED) is 0.689. The summed E-state index contributed by atoms with van der Waals surface area (Å²) in [6.07, 6.45) is 1.01. The van der Waals surface area contributed by atoms with Gasteiger partial charge in [0.15, 0.2) is 0 Å². The van der Waals surface area contributed by atoms with Crippen LogP contribution in [0, 0.1) is 0 Å². The van der Waals surface area contributed by atoms with Crippen LogP contribution in [0.4, 0.5) is 8.78 Å². The second-order valence-corrected chi connectivity index (χ2v) is 2.12. The Hall–Kier alpha value is -1.53. The van der Waals surface area contributed by atoms with E-state index >= 15 is 0 Å².